The van der Waals surface area contributed by atoms with Crippen LogP contribution in [0.3, 0.4) is 0 Å². The average Bonchev–Trinajstić information content (AvgIpc) is 2.24. The van der Waals surface area contributed by atoms with Crippen LogP contribution < -0.4 is 5.32 Å². The third-order valence-corrected chi connectivity index (χ3v) is 2.65. The monoisotopic (exact) mass is 223 g/mol. The molecule has 1 N–H and O–H groups in total. The highest BCUT2D eigenvalue weighted by atomic mass is 16.7. The first-order chi connectivity index (χ1) is 7.62. The van der Waals surface area contributed by atoms with Crippen molar-refractivity contribution in [2.75, 3.05) is 21.3 Å². The lowest BCUT2D eigenvalue weighted by Crippen LogP contribution is -2.32. The molecule has 0 radical (unpaired) electrons. The summed E-state index contributed by atoms with van der Waals surface area (Å²) < 4.78 is 10.6. The zero-order valence-corrected chi connectivity index (χ0v) is 10.7. The molecule has 1 aromatic rings. The van der Waals surface area contributed by atoms with E-state index in [0.29, 0.717) is 0 Å². The molecule has 0 aliphatic heterocycles. The smallest absolute Gasteiger partial charge is 0.176 e. The fraction of sp³-hybridized carbons (Fsp3) is 0.538. The molecule has 0 amide bonds. The normalized spacial score (nSPS) is 13.1. The Kier molecular flexibility index (Phi) is 4.93. The van der Waals surface area contributed by atoms with Crippen molar-refractivity contribution < 1.29 is 9.47 Å². The van der Waals surface area contributed by atoms with Crippen molar-refractivity contribution >= 4 is 0 Å². The molecule has 0 bridgehead atoms. The molecule has 1 aromatic carbocycles. The van der Waals surface area contributed by atoms with Crippen molar-refractivity contribution in [1.29, 1.82) is 0 Å². The fourth-order valence-corrected chi connectivity index (χ4v) is 2.02. The summed E-state index contributed by atoms with van der Waals surface area (Å²) in [5.74, 6) is 0. The first kappa shape index (κ1) is 13.2. The first-order valence-electron chi connectivity index (χ1n) is 5.43. The van der Waals surface area contributed by atoms with Gasteiger partial charge in [0.05, 0.1) is 6.04 Å². The number of nitrogens with one attached hydrogen (secondary N) is 1. The van der Waals surface area contributed by atoms with E-state index in [9.17, 15) is 0 Å². The van der Waals surface area contributed by atoms with Gasteiger partial charge < -0.3 is 14.8 Å². The van der Waals surface area contributed by atoms with Crippen LogP contribution in [-0.2, 0) is 9.47 Å². The largest absolute Gasteiger partial charge is 0.354 e. The molecule has 3 nitrogen and oxygen atoms in total. The fourth-order valence-electron chi connectivity index (χ4n) is 2.02. The van der Waals surface area contributed by atoms with Gasteiger partial charge in [-0.05, 0) is 26.5 Å². The minimum atomic E-state index is -0.272. The second-order valence-electron chi connectivity index (χ2n) is 4.03. The molecule has 90 valence electrons. The molecular formula is C13H21NO2. The van der Waals surface area contributed by atoms with Crippen molar-refractivity contribution in [2.45, 2.75) is 26.2 Å². The van der Waals surface area contributed by atoms with Gasteiger partial charge in [-0.15, -0.1) is 0 Å². The summed E-state index contributed by atoms with van der Waals surface area (Å²) in [4.78, 5) is 0. The van der Waals surface area contributed by atoms with Gasteiger partial charge in [0, 0.05) is 14.2 Å². The maximum Gasteiger partial charge on any atom is 0.176 e. The van der Waals surface area contributed by atoms with Crippen LogP contribution in [0.1, 0.15) is 22.7 Å². The van der Waals surface area contributed by atoms with E-state index < -0.39 is 0 Å². The number of benzene rings is 1. The number of rotatable bonds is 5. The van der Waals surface area contributed by atoms with E-state index in [0.717, 1.165) is 0 Å². The molecule has 0 aromatic heterocycles. The maximum atomic E-state index is 5.30. The summed E-state index contributed by atoms with van der Waals surface area (Å²) in [6.07, 6.45) is -0.272. The van der Waals surface area contributed by atoms with Gasteiger partial charge in [0.25, 0.3) is 0 Å². The van der Waals surface area contributed by atoms with Crippen LogP contribution in [0.25, 0.3) is 0 Å². The van der Waals surface area contributed by atoms with Gasteiger partial charge in [-0.25, -0.2) is 0 Å². The molecule has 0 saturated carbocycles. The van der Waals surface area contributed by atoms with Crippen LogP contribution in [0, 0.1) is 13.8 Å². The van der Waals surface area contributed by atoms with Crippen molar-refractivity contribution in [3.8, 4) is 0 Å². The Labute approximate surface area is 97.8 Å². The summed E-state index contributed by atoms with van der Waals surface area (Å²) in [5, 5.41) is 3.22. The van der Waals surface area contributed by atoms with E-state index in [1.165, 1.54) is 16.7 Å². The molecule has 0 spiro atoms. The maximum absolute atomic E-state index is 5.30. The highest BCUT2D eigenvalue weighted by Crippen LogP contribution is 2.21. The van der Waals surface area contributed by atoms with E-state index in [2.05, 4.69) is 37.4 Å². The van der Waals surface area contributed by atoms with Crippen LogP contribution in [0.2, 0.25) is 0 Å². The molecule has 16 heavy (non-hydrogen) atoms. The van der Waals surface area contributed by atoms with Crippen LogP contribution in [0.15, 0.2) is 18.2 Å². The van der Waals surface area contributed by atoms with Crippen LogP contribution in [0.4, 0.5) is 0 Å². The van der Waals surface area contributed by atoms with Gasteiger partial charge in [0.1, 0.15) is 0 Å². The number of methoxy groups -OCH3 is 2. The summed E-state index contributed by atoms with van der Waals surface area (Å²) in [5.41, 5.74) is 3.69. The second kappa shape index (κ2) is 5.99. The van der Waals surface area contributed by atoms with Crippen molar-refractivity contribution in [3.05, 3.63) is 34.9 Å². The lowest BCUT2D eigenvalue weighted by molar-refractivity contribution is -0.123. The Morgan fingerprint density at radius 3 is 1.88 bits per heavy atom. The van der Waals surface area contributed by atoms with Crippen LogP contribution in [0.5, 0.6) is 0 Å². The third-order valence-electron chi connectivity index (χ3n) is 2.65. The molecule has 3 heteroatoms. The Hall–Kier alpha value is -0.900. The van der Waals surface area contributed by atoms with E-state index in [-0.39, 0.29) is 12.3 Å². The predicted octanol–water partition coefficient (Wildman–Crippen LogP) is 2.18. The van der Waals surface area contributed by atoms with E-state index in [1.54, 1.807) is 14.2 Å². The van der Waals surface area contributed by atoms with Gasteiger partial charge in [-0.1, -0.05) is 29.3 Å². The quantitative estimate of drug-likeness (QED) is 0.776. The minimum Gasteiger partial charge on any atom is -0.354 e. The number of hydrogen-bond acceptors (Lipinski definition) is 3. The zero-order valence-electron chi connectivity index (χ0n) is 10.7. The van der Waals surface area contributed by atoms with Gasteiger partial charge in [-0.3, -0.25) is 0 Å². The molecule has 0 aliphatic carbocycles. The summed E-state index contributed by atoms with van der Waals surface area (Å²) >= 11 is 0. The average molecular weight is 223 g/mol. The van der Waals surface area contributed by atoms with Gasteiger partial charge in [0.2, 0.25) is 0 Å². The Morgan fingerprint density at radius 2 is 1.50 bits per heavy atom. The molecule has 0 saturated heterocycles. The number of likely N-dealkylation sites (N-methyl/N-ethyl adjacent to an activating group) is 1. The lowest BCUT2D eigenvalue weighted by atomic mass is 10.0. The highest BCUT2D eigenvalue weighted by molar-refractivity contribution is 5.31. The molecule has 1 unspecified atom stereocenters. The van der Waals surface area contributed by atoms with Crippen molar-refractivity contribution in [2.24, 2.45) is 0 Å². The Balaban J connectivity index is 3.02. The van der Waals surface area contributed by atoms with E-state index in [4.69, 9.17) is 9.47 Å². The SMILES string of the molecule is CNC(c1cc(C)cc(C)c1)C(OC)OC. The zero-order chi connectivity index (χ0) is 12.1. The first-order valence-corrected chi connectivity index (χ1v) is 5.43. The molecule has 1 rings (SSSR count). The third kappa shape index (κ3) is 3.04. The Morgan fingerprint density at radius 1 is 1.00 bits per heavy atom. The summed E-state index contributed by atoms with van der Waals surface area (Å²) in [6.45, 7) is 4.19. The number of ether oxygens (including phenoxy) is 2. The molecule has 1 atom stereocenters. The Bertz CT molecular complexity index is 314. The molecular weight excluding hydrogens is 202 g/mol. The van der Waals surface area contributed by atoms with Crippen LogP contribution >= 0.6 is 0 Å². The molecule has 0 heterocycles. The van der Waals surface area contributed by atoms with Crippen molar-refractivity contribution in [3.63, 3.8) is 0 Å². The summed E-state index contributed by atoms with van der Waals surface area (Å²) in [7, 11) is 5.22. The summed E-state index contributed by atoms with van der Waals surface area (Å²) in [6, 6.07) is 6.51. The van der Waals surface area contributed by atoms with Crippen LogP contribution in [-0.4, -0.2) is 27.6 Å². The number of hydrogen-bond donors (Lipinski definition) is 1. The highest BCUT2D eigenvalue weighted by Gasteiger charge is 2.21. The topological polar surface area (TPSA) is 30.5 Å². The molecule has 0 fully saturated rings. The van der Waals surface area contributed by atoms with Gasteiger partial charge >= 0.3 is 0 Å². The van der Waals surface area contributed by atoms with E-state index >= 15 is 0 Å². The predicted molar refractivity (Wildman–Crippen MR) is 65.5 cm³/mol. The molecule has 0 aliphatic rings. The van der Waals surface area contributed by atoms with Gasteiger partial charge in [0.15, 0.2) is 6.29 Å². The minimum absolute atomic E-state index is 0.0496. The van der Waals surface area contributed by atoms with Gasteiger partial charge in [-0.2, -0.15) is 0 Å². The van der Waals surface area contributed by atoms with E-state index in [1.807, 2.05) is 7.05 Å². The standard InChI is InChI=1S/C13H21NO2/c1-9-6-10(2)8-11(7-9)12(14-3)13(15-4)16-5/h6-8,12-14H,1-5H3. The lowest BCUT2D eigenvalue weighted by Gasteiger charge is -2.25. The second-order valence-corrected chi connectivity index (χ2v) is 4.03. The number of aryl methyl sites for hydroxylation is 2. The van der Waals surface area contributed by atoms with Crippen molar-refractivity contribution in [1.82, 2.24) is 5.32 Å².